The number of halogens is 1. The van der Waals surface area contributed by atoms with Gasteiger partial charge in [0.1, 0.15) is 18.4 Å². The van der Waals surface area contributed by atoms with Gasteiger partial charge in [0, 0.05) is 22.2 Å². The number of hydrogen-bond acceptors (Lipinski definition) is 6. The van der Waals surface area contributed by atoms with Crippen molar-refractivity contribution in [3.05, 3.63) is 82.3 Å². The van der Waals surface area contributed by atoms with E-state index in [0.717, 1.165) is 36.1 Å². The second-order valence-electron chi connectivity index (χ2n) is 9.11. The minimum absolute atomic E-state index is 0.110. The summed E-state index contributed by atoms with van der Waals surface area (Å²) >= 11 is 1.44. The van der Waals surface area contributed by atoms with E-state index in [-0.39, 0.29) is 36.0 Å². The number of nitrogens with one attached hydrogen (secondary N) is 1. The maximum Gasteiger partial charge on any atom is 0.251 e. The highest BCUT2D eigenvalue weighted by atomic mass is 32.1. The van der Waals surface area contributed by atoms with Gasteiger partial charge >= 0.3 is 0 Å². The molecule has 1 atom stereocenters. The zero-order chi connectivity index (χ0) is 25.8. The molecule has 10 heteroatoms. The summed E-state index contributed by atoms with van der Waals surface area (Å²) in [4.78, 5) is 31.1. The molecule has 1 aliphatic rings. The monoisotopic (exact) mass is 518 g/mol. The molecule has 2 aromatic heterocycles. The Morgan fingerprint density at radius 1 is 1.11 bits per heavy atom. The van der Waals surface area contributed by atoms with Gasteiger partial charge in [0.2, 0.25) is 11.7 Å². The van der Waals surface area contributed by atoms with E-state index in [1.807, 2.05) is 48.7 Å². The van der Waals surface area contributed by atoms with Crippen LogP contribution in [0, 0.1) is 12.7 Å². The first-order chi connectivity index (χ1) is 18.0. The third-order valence-electron chi connectivity index (χ3n) is 6.50. The zero-order valence-corrected chi connectivity index (χ0v) is 21.2. The van der Waals surface area contributed by atoms with E-state index in [2.05, 4.69) is 20.7 Å². The van der Waals surface area contributed by atoms with Crippen molar-refractivity contribution in [2.75, 3.05) is 4.90 Å². The van der Waals surface area contributed by atoms with Crippen molar-refractivity contribution in [1.82, 2.24) is 25.5 Å². The topological polar surface area (TPSA) is 93.0 Å². The van der Waals surface area contributed by atoms with E-state index < -0.39 is 6.04 Å². The Bertz CT molecular complexity index is 1370. The average molecular weight is 519 g/mol. The first-order valence-corrected chi connectivity index (χ1v) is 13.1. The molecule has 2 amide bonds. The van der Waals surface area contributed by atoms with Gasteiger partial charge in [-0.25, -0.2) is 4.39 Å². The fraction of sp³-hybridized carbons (Fsp3) is 0.296. The molecule has 1 fully saturated rings. The maximum absolute atomic E-state index is 13.9. The molecule has 5 rings (SSSR count). The van der Waals surface area contributed by atoms with Crippen molar-refractivity contribution in [1.29, 1.82) is 0 Å². The number of nitrogens with zero attached hydrogens (tertiary/aromatic N) is 5. The fourth-order valence-electron chi connectivity index (χ4n) is 4.64. The van der Waals surface area contributed by atoms with Crippen molar-refractivity contribution in [2.24, 2.45) is 0 Å². The van der Waals surface area contributed by atoms with Crippen molar-refractivity contribution in [3.63, 3.8) is 0 Å². The third-order valence-corrected chi connectivity index (χ3v) is 7.42. The number of benzene rings is 2. The van der Waals surface area contributed by atoms with Crippen LogP contribution < -0.4 is 10.2 Å². The molecule has 0 unspecified atom stereocenters. The highest BCUT2D eigenvalue weighted by Gasteiger charge is 2.36. The Morgan fingerprint density at radius 2 is 1.86 bits per heavy atom. The summed E-state index contributed by atoms with van der Waals surface area (Å²) in [5.74, 6) is -0.637. The number of amides is 2. The average Bonchev–Trinajstić information content (AvgIpc) is 3.67. The van der Waals surface area contributed by atoms with E-state index in [9.17, 15) is 14.0 Å². The summed E-state index contributed by atoms with van der Waals surface area (Å²) < 4.78 is 13.3. The lowest BCUT2D eigenvalue weighted by Crippen LogP contribution is -2.47. The van der Waals surface area contributed by atoms with Gasteiger partial charge < -0.3 is 5.32 Å². The van der Waals surface area contributed by atoms with Crippen molar-refractivity contribution in [3.8, 4) is 11.4 Å². The maximum atomic E-state index is 13.9. The van der Waals surface area contributed by atoms with Gasteiger partial charge in [-0.3, -0.25) is 14.5 Å². The van der Waals surface area contributed by atoms with Crippen LogP contribution in [0.4, 0.5) is 10.1 Å². The summed E-state index contributed by atoms with van der Waals surface area (Å²) in [7, 11) is 0. The van der Waals surface area contributed by atoms with Crippen molar-refractivity contribution >= 4 is 28.8 Å². The lowest BCUT2D eigenvalue weighted by atomic mass is 10.1. The summed E-state index contributed by atoms with van der Waals surface area (Å²) in [5.41, 5.74) is 2.10. The van der Waals surface area contributed by atoms with Crippen molar-refractivity contribution < 1.29 is 14.0 Å². The molecule has 1 aliphatic carbocycles. The fourth-order valence-corrected chi connectivity index (χ4v) is 5.46. The Morgan fingerprint density at radius 3 is 2.57 bits per heavy atom. The molecule has 0 aliphatic heterocycles. The molecule has 37 heavy (non-hydrogen) atoms. The minimum Gasteiger partial charge on any atom is -0.351 e. The highest BCUT2D eigenvalue weighted by molar-refractivity contribution is 7.10. The summed E-state index contributed by atoms with van der Waals surface area (Å²) in [6.45, 7) is 1.69. The number of hydrogen-bond donors (Lipinski definition) is 1. The first kappa shape index (κ1) is 24.8. The highest BCUT2D eigenvalue weighted by Crippen LogP contribution is 2.33. The summed E-state index contributed by atoms with van der Waals surface area (Å²) in [5, 5.41) is 17.5. The third kappa shape index (κ3) is 5.59. The lowest BCUT2D eigenvalue weighted by Gasteiger charge is -2.32. The number of tetrazole rings is 1. The van der Waals surface area contributed by atoms with E-state index in [1.54, 1.807) is 17.0 Å². The van der Waals surface area contributed by atoms with Gasteiger partial charge in [0.05, 0.1) is 0 Å². The standard InChI is InChI=1S/C27H27FN6O2S/c1-18-7-2-5-10-22(18)34(25(23-11-6-16-37-23)27(36)29-21-8-3-4-9-21)24(35)17-33-31-26(30-32-33)19-12-14-20(28)15-13-19/h2,5-7,10-16,21,25H,3-4,8-9,17H2,1H3,(H,29,36)/t25-/m0/s1. The molecule has 1 saturated carbocycles. The predicted molar refractivity (Wildman–Crippen MR) is 139 cm³/mol. The number of thiophene rings is 1. The van der Waals surface area contributed by atoms with E-state index in [0.29, 0.717) is 11.3 Å². The van der Waals surface area contributed by atoms with Crippen LogP contribution in [0.2, 0.25) is 0 Å². The Kier molecular flexibility index (Phi) is 7.36. The molecule has 1 N–H and O–H groups in total. The van der Waals surface area contributed by atoms with Gasteiger partial charge in [-0.2, -0.15) is 4.80 Å². The van der Waals surface area contributed by atoms with Crippen LogP contribution in [-0.4, -0.2) is 38.1 Å². The van der Waals surface area contributed by atoms with E-state index >= 15 is 0 Å². The van der Waals surface area contributed by atoms with Crippen LogP contribution in [0.25, 0.3) is 11.4 Å². The molecule has 190 valence electrons. The molecule has 0 saturated heterocycles. The Hall–Kier alpha value is -3.92. The van der Waals surface area contributed by atoms with Crippen LogP contribution in [0.5, 0.6) is 0 Å². The number of rotatable bonds is 8. The Labute approximate surface area is 218 Å². The number of anilines is 1. The Balaban J connectivity index is 1.48. The number of para-hydroxylation sites is 1. The summed E-state index contributed by atoms with van der Waals surface area (Å²) in [6, 6.07) is 16.3. The molecule has 8 nitrogen and oxygen atoms in total. The quantitative estimate of drug-likeness (QED) is 0.366. The SMILES string of the molecule is Cc1ccccc1N(C(=O)Cn1nnc(-c2ccc(F)cc2)n1)[C@H](C(=O)NC1CCCC1)c1cccs1. The molecular formula is C27H27FN6O2S. The molecule has 4 aromatic rings. The summed E-state index contributed by atoms with van der Waals surface area (Å²) in [6.07, 6.45) is 4.05. The number of carbonyl (C=O) groups is 2. The van der Waals surface area contributed by atoms with Gasteiger partial charge in [-0.05, 0) is 72.3 Å². The molecule has 2 heterocycles. The second kappa shape index (κ2) is 11.0. The first-order valence-electron chi connectivity index (χ1n) is 12.2. The van der Waals surface area contributed by atoms with Crippen LogP contribution in [-0.2, 0) is 16.1 Å². The molecule has 2 aromatic carbocycles. The minimum atomic E-state index is -0.839. The predicted octanol–water partition coefficient (Wildman–Crippen LogP) is 4.68. The largest absolute Gasteiger partial charge is 0.351 e. The molecular weight excluding hydrogens is 491 g/mol. The lowest BCUT2D eigenvalue weighted by molar-refractivity contribution is -0.127. The van der Waals surface area contributed by atoms with Crippen molar-refractivity contribution in [2.45, 2.75) is 51.2 Å². The van der Waals surface area contributed by atoms with E-state index in [4.69, 9.17) is 0 Å². The van der Waals surface area contributed by atoms with E-state index in [1.165, 1.54) is 28.3 Å². The zero-order valence-electron chi connectivity index (χ0n) is 20.4. The number of aryl methyl sites for hydroxylation is 1. The number of carbonyl (C=O) groups excluding carboxylic acids is 2. The normalized spacial score (nSPS) is 14.4. The molecule has 0 spiro atoms. The van der Waals surface area contributed by atoms with Crippen LogP contribution in [0.1, 0.15) is 42.2 Å². The molecule has 0 radical (unpaired) electrons. The molecule has 0 bridgehead atoms. The van der Waals surface area contributed by atoms with Crippen LogP contribution in [0.3, 0.4) is 0 Å². The number of aromatic nitrogens is 4. The van der Waals surface area contributed by atoms with Gasteiger partial charge in [0.15, 0.2) is 0 Å². The van der Waals surface area contributed by atoms with Crippen LogP contribution in [0.15, 0.2) is 66.0 Å². The van der Waals surface area contributed by atoms with Gasteiger partial charge in [0.25, 0.3) is 5.91 Å². The van der Waals surface area contributed by atoms with Crippen LogP contribution >= 0.6 is 11.3 Å². The van der Waals surface area contributed by atoms with Gasteiger partial charge in [-0.15, -0.1) is 21.5 Å². The smallest absolute Gasteiger partial charge is 0.251 e. The second-order valence-corrected chi connectivity index (χ2v) is 10.1. The van der Waals surface area contributed by atoms with Gasteiger partial charge in [-0.1, -0.05) is 37.1 Å².